The molecule has 8 nitrogen and oxygen atoms in total. The van der Waals surface area contributed by atoms with E-state index in [0.717, 1.165) is 10.00 Å². The molecule has 1 saturated heterocycles. The molecule has 2 aromatic rings. The smallest absolute Gasteiger partial charge is 0.242 e. The third kappa shape index (κ3) is 4.20. The van der Waals surface area contributed by atoms with Crippen molar-refractivity contribution in [1.82, 2.24) is 14.6 Å². The number of carbonyl (C=O) groups excluding carboxylic acids is 2. The summed E-state index contributed by atoms with van der Waals surface area (Å²) in [4.78, 5) is 30.6. The van der Waals surface area contributed by atoms with Gasteiger partial charge in [0.05, 0.1) is 23.1 Å². The normalized spacial score (nSPS) is 17.2. The number of hydrogen-bond donors (Lipinski definition) is 1. The van der Waals surface area contributed by atoms with Crippen molar-refractivity contribution >= 4 is 27.5 Å². The third-order valence-corrected chi connectivity index (χ3v) is 6.42. The average molecular weight is 402 g/mol. The van der Waals surface area contributed by atoms with E-state index in [0.29, 0.717) is 12.2 Å². The minimum atomic E-state index is -3.53. The van der Waals surface area contributed by atoms with E-state index in [-0.39, 0.29) is 29.7 Å². The highest BCUT2D eigenvalue weighted by Gasteiger charge is 2.35. The van der Waals surface area contributed by atoms with E-state index in [4.69, 9.17) is 0 Å². The van der Waals surface area contributed by atoms with E-state index in [2.05, 4.69) is 10.3 Å². The van der Waals surface area contributed by atoms with Gasteiger partial charge in [-0.05, 0) is 36.4 Å². The lowest BCUT2D eigenvalue weighted by Gasteiger charge is -2.18. The predicted octanol–water partition coefficient (Wildman–Crippen LogP) is 1.00. The van der Waals surface area contributed by atoms with Crippen molar-refractivity contribution < 1.29 is 18.0 Å². The van der Waals surface area contributed by atoms with Crippen LogP contribution in [0.25, 0.3) is 0 Å². The number of rotatable bonds is 6. The molecule has 148 valence electrons. The number of pyridine rings is 1. The highest BCUT2D eigenvalue weighted by molar-refractivity contribution is 7.89. The molecule has 28 heavy (non-hydrogen) atoms. The summed E-state index contributed by atoms with van der Waals surface area (Å²) in [5.74, 6) is -0.823. The molecule has 0 bridgehead atoms. The molecular formula is C19H22N4O4S. The molecule has 0 radical (unpaired) electrons. The van der Waals surface area contributed by atoms with E-state index in [9.17, 15) is 18.0 Å². The van der Waals surface area contributed by atoms with Gasteiger partial charge >= 0.3 is 0 Å². The van der Waals surface area contributed by atoms with Gasteiger partial charge in [-0.1, -0.05) is 6.07 Å². The lowest BCUT2D eigenvalue weighted by molar-refractivity contribution is -0.126. The number of sulfonamides is 1. The van der Waals surface area contributed by atoms with E-state index in [1.165, 1.54) is 31.1 Å². The lowest BCUT2D eigenvalue weighted by atomic mass is 10.1. The van der Waals surface area contributed by atoms with Crippen LogP contribution in [0.2, 0.25) is 0 Å². The molecule has 0 aliphatic carbocycles. The minimum absolute atomic E-state index is 0.117. The van der Waals surface area contributed by atoms with Gasteiger partial charge in [0, 0.05) is 38.9 Å². The Morgan fingerprint density at radius 1 is 1.21 bits per heavy atom. The largest absolute Gasteiger partial charge is 0.350 e. The van der Waals surface area contributed by atoms with Gasteiger partial charge in [-0.15, -0.1) is 0 Å². The van der Waals surface area contributed by atoms with E-state index in [1.807, 2.05) is 12.1 Å². The van der Waals surface area contributed by atoms with Crippen LogP contribution in [-0.2, 0) is 26.2 Å². The molecule has 1 N–H and O–H groups in total. The summed E-state index contributed by atoms with van der Waals surface area (Å²) in [5, 5.41) is 2.81. The summed E-state index contributed by atoms with van der Waals surface area (Å²) in [5.41, 5.74) is 1.32. The second-order valence-electron chi connectivity index (χ2n) is 6.73. The lowest BCUT2D eigenvalue weighted by Crippen LogP contribution is -2.32. The Labute approximate surface area is 164 Å². The molecule has 9 heteroatoms. The number of carbonyl (C=O) groups is 2. The second kappa shape index (κ2) is 8.07. The summed E-state index contributed by atoms with van der Waals surface area (Å²) in [6.07, 6.45) is 1.77. The maximum Gasteiger partial charge on any atom is 0.242 e. The van der Waals surface area contributed by atoms with Crippen LogP contribution in [0.4, 0.5) is 5.69 Å². The van der Waals surface area contributed by atoms with Crippen LogP contribution in [0.5, 0.6) is 0 Å². The van der Waals surface area contributed by atoms with Gasteiger partial charge in [-0.3, -0.25) is 14.6 Å². The molecule has 0 unspecified atom stereocenters. The SMILES string of the molecule is CN(C)S(=O)(=O)c1ccc(N2C[C@@H](C(=O)NCc3ccccn3)CC2=O)cc1. The Balaban J connectivity index is 1.65. The molecule has 1 aromatic heterocycles. The van der Waals surface area contributed by atoms with Crippen molar-refractivity contribution in [2.45, 2.75) is 17.9 Å². The molecule has 0 saturated carbocycles. The van der Waals surface area contributed by atoms with Crippen LogP contribution in [0.1, 0.15) is 12.1 Å². The van der Waals surface area contributed by atoms with Gasteiger partial charge in [0.2, 0.25) is 21.8 Å². The van der Waals surface area contributed by atoms with Gasteiger partial charge in [-0.2, -0.15) is 0 Å². The molecule has 2 heterocycles. The Bertz CT molecular complexity index is 959. The molecule has 1 aliphatic rings. The maximum absolute atomic E-state index is 12.4. The first-order valence-electron chi connectivity index (χ1n) is 8.79. The summed E-state index contributed by atoms with van der Waals surface area (Å²) < 4.78 is 25.4. The van der Waals surface area contributed by atoms with Gasteiger partial charge in [0.1, 0.15) is 0 Å². The van der Waals surface area contributed by atoms with Gasteiger partial charge in [0.25, 0.3) is 0 Å². The van der Waals surface area contributed by atoms with Crippen molar-refractivity contribution in [1.29, 1.82) is 0 Å². The van der Waals surface area contributed by atoms with Gasteiger partial charge in [0.15, 0.2) is 0 Å². The molecule has 2 amide bonds. The summed E-state index contributed by atoms with van der Waals surface area (Å²) in [6.45, 7) is 0.564. The highest BCUT2D eigenvalue weighted by atomic mass is 32.2. The van der Waals surface area contributed by atoms with Gasteiger partial charge in [-0.25, -0.2) is 12.7 Å². The molecular weight excluding hydrogens is 380 g/mol. The van der Waals surface area contributed by atoms with Crippen molar-refractivity contribution in [3.63, 3.8) is 0 Å². The van der Waals surface area contributed by atoms with Crippen molar-refractivity contribution in [3.8, 4) is 0 Å². The molecule has 1 atom stereocenters. The van der Waals surface area contributed by atoms with Crippen LogP contribution >= 0.6 is 0 Å². The second-order valence-corrected chi connectivity index (χ2v) is 8.88. The zero-order chi connectivity index (χ0) is 20.3. The molecule has 1 fully saturated rings. The minimum Gasteiger partial charge on any atom is -0.350 e. The predicted molar refractivity (Wildman–Crippen MR) is 104 cm³/mol. The average Bonchev–Trinajstić information content (AvgIpc) is 3.08. The quantitative estimate of drug-likeness (QED) is 0.777. The monoisotopic (exact) mass is 402 g/mol. The third-order valence-electron chi connectivity index (χ3n) is 4.59. The maximum atomic E-state index is 12.4. The van der Waals surface area contributed by atoms with Gasteiger partial charge < -0.3 is 10.2 Å². The Hall–Kier alpha value is -2.78. The van der Waals surface area contributed by atoms with Crippen LogP contribution in [0, 0.1) is 5.92 Å². The number of amides is 2. The number of aromatic nitrogens is 1. The fraction of sp³-hybridized carbons (Fsp3) is 0.316. The van der Waals surface area contributed by atoms with Crippen LogP contribution < -0.4 is 10.2 Å². The van der Waals surface area contributed by atoms with Crippen LogP contribution in [-0.4, -0.2) is 50.2 Å². The fourth-order valence-electron chi connectivity index (χ4n) is 2.97. The Kier molecular flexibility index (Phi) is 5.76. The zero-order valence-electron chi connectivity index (χ0n) is 15.7. The summed E-state index contributed by atoms with van der Waals surface area (Å²) in [6, 6.07) is 11.6. The van der Waals surface area contributed by atoms with Crippen molar-refractivity contribution in [2.75, 3.05) is 25.5 Å². The summed E-state index contributed by atoms with van der Waals surface area (Å²) >= 11 is 0. The van der Waals surface area contributed by atoms with E-state index < -0.39 is 15.9 Å². The Morgan fingerprint density at radius 2 is 1.93 bits per heavy atom. The number of nitrogens with one attached hydrogen (secondary N) is 1. The molecule has 1 aromatic carbocycles. The first kappa shape index (κ1) is 20.0. The number of nitrogens with zero attached hydrogens (tertiary/aromatic N) is 3. The van der Waals surface area contributed by atoms with Crippen LogP contribution in [0.15, 0.2) is 53.6 Å². The van der Waals surface area contributed by atoms with Crippen molar-refractivity contribution in [3.05, 3.63) is 54.4 Å². The summed E-state index contributed by atoms with van der Waals surface area (Å²) in [7, 11) is -0.609. The first-order valence-corrected chi connectivity index (χ1v) is 10.2. The molecule has 0 spiro atoms. The van der Waals surface area contributed by atoms with Crippen LogP contribution in [0.3, 0.4) is 0 Å². The number of hydrogen-bond acceptors (Lipinski definition) is 5. The molecule has 3 rings (SSSR count). The van der Waals surface area contributed by atoms with E-state index in [1.54, 1.807) is 24.4 Å². The number of benzene rings is 1. The zero-order valence-corrected chi connectivity index (χ0v) is 16.5. The van der Waals surface area contributed by atoms with E-state index >= 15 is 0 Å². The molecule has 1 aliphatic heterocycles. The highest BCUT2D eigenvalue weighted by Crippen LogP contribution is 2.26. The Morgan fingerprint density at radius 3 is 2.54 bits per heavy atom. The fourth-order valence-corrected chi connectivity index (χ4v) is 3.87. The number of anilines is 1. The first-order chi connectivity index (χ1) is 13.3. The topological polar surface area (TPSA) is 99.7 Å². The van der Waals surface area contributed by atoms with Crippen molar-refractivity contribution in [2.24, 2.45) is 5.92 Å². The standard InChI is InChI=1S/C19H22N4O4S/c1-22(2)28(26,27)17-8-6-16(7-9-17)23-13-14(11-18(23)24)19(25)21-12-15-5-3-4-10-20-15/h3-10,14H,11-13H2,1-2H3,(H,21,25)/t14-/m0/s1.